The normalized spacial score (nSPS) is 36.8. The molecule has 0 aliphatic carbocycles. The van der Waals surface area contributed by atoms with Crippen LogP contribution in [0.3, 0.4) is 0 Å². The van der Waals surface area contributed by atoms with Crippen LogP contribution in [0.2, 0.25) is 0 Å². The molecule has 11 heavy (non-hydrogen) atoms. The maximum absolute atomic E-state index is 5.40. The fourth-order valence-electron chi connectivity index (χ4n) is 1.21. The molecule has 1 saturated heterocycles. The first kappa shape index (κ1) is 8.97. The molecule has 0 amide bonds. The minimum absolute atomic E-state index is 0.118. The van der Waals surface area contributed by atoms with Crippen LogP contribution in [0.15, 0.2) is 0 Å². The summed E-state index contributed by atoms with van der Waals surface area (Å²) in [6, 6.07) is 0. The van der Waals surface area contributed by atoms with Crippen LogP contribution in [-0.4, -0.2) is 31.7 Å². The van der Waals surface area contributed by atoms with Gasteiger partial charge >= 0.3 is 0 Å². The summed E-state index contributed by atoms with van der Waals surface area (Å²) in [5, 5.41) is 0. The first-order valence-corrected chi connectivity index (χ1v) is 4.12. The van der Waals surface area contributed by atoms with Crippen molar-refractivity contribution in [2.75, 3.05) is 19.8 Å². The minimum atomic E-state index is -0.481. The van der Waals surface area contributed by atoms with Gasteiger partial charge in [-0.1, -0.05) is 0 Å². The van der Waals surface area contributed by atoms with Gasteiger partial charge in [0.1, 0.15) is 6.10 Å². The van der Waals surface area contributed by atoms with E-state index in [1.807, 2.05) is 20.8 Å². The molecule has 0 aromatic carbocycles. The lowest BCUT2D eigenvalue weighted by molar-refractivity contribution is -0.362. The Balaban J connectivity index is 2.32. The Hall–Kier alpha value is -0.120. The van der Waals surface area contributed by atoms with Gasteiger partial charge in [-0.25, -0.2) is 0 Å². The Kier molecular flexibility index (Phi) is 2.87. The van der Waals surface area contributed by atoms with Gasteiger partial charge < -0.3 is 14.2 Å². The predicted octanol–water partition coefficient (Wildman–Crippen LogP) is 1.17. The highest BCUT2D eigenvalue weighted by molar-refractivity contribution is 4.84. The molecule has 1 aliphatic heterocycles. The van der Waals surface area contributed by atoms with Gasteiger partial charge in [0, 0.05) is 13.2 Å². The van der Waals surface area contributed by atoms with E-state index in [-0.39, 0.29) is 6.10 Å². The molecule has 0 aromatic rings. The summed E-state index contributed by atoms with van der Waals surface area (Å²) >= 11 is 0. The fourth-order valence-corrected chi connectivity index (χ4v) is 1.21. The molecule has 0 spiro atoms. The van der Waals surface area contributed by atoms with Gasteiger partial charge in [0.25, 0.3) is 0 Å². The van der Waals surface area contributed by atoms with Crippen molar-refractivity contribution in [3.63, 3.8) is 0 Å². The average Bonchev–Trinajstić information content (AvgIpc) is 1.99. The van der Waals surface area contributed by atoms with Crippen LogP contribution in [0.25, 0.3) is 0 Å². The average molecular weight is 160 g/mol. The Morgan fingerprint density at radius 3 is 2.55 bits per heavy atom. The van der Waals surface area contributed by atoms with E-state index in [0.29, 0.717) is 13.2 Å². The van der Waals surface area contributed by atoms with Gasteiger partial charge in [0.15, 0.2) is 5.79 Å². The molecule has 1 rings (SSSR count). The highest BCUT2D eigenvalue weighted by Gasteiger charge is 2.46. The van der Waals surface area contributed by atoms with Gasteiger partial charge in [-0.15, -0.1) is 0 Å². The topological polar surface area (TPSA) is 27.7 Å². The third kappa shape index (κ3) is 1.72. The van der Waals surface area contributed by atoms with E-state index in [4.69, 9.17) is 14.2 Å². The second-order valence-corrected chi connectivity index (χ2v) is 2.70. The fraction of sp³-hybridized carbons (Fsp3) is 1.00. The number of hydrogen-bond donors (Lipinski definition) is 0. The first-order chi connectivity index (χ1) is 5.23. The van der Waals surface area contributed by atoms with Crippen LogP contribution >= 0.6 is 0 Å². The zero-order valence-electron chi connectivity index (χ0n) is 7.42. The molecule has 1 fully saturated rings. The Morgan fingerprint density at radius 2 is 2.18 bits per heavy atom. The van der Waals surface area contributed by atoms with E-state index in [9.17, 15) is 0 Å². The summed E-state index contributed by atoms with van der Waals surface area (Å²) in [5.74, 6) is -0.481. The van der Waals surface area contributed by atoms with E-state index < -0.39 is 5.79 Å². The lowest BCUT2D eigenvalue weighted by Gasteiger charge is -2.45. The smallest absolute Gasteiger partial charge is 0.194 e. The Bertz CT molecular complexity index is 127. The minimum Gasteiger partial charge on any atom is -0.370 e. The van der Waals surface area contributed by atoms with E-state index in [1.54, 1.807) is 0 Å². The maximum atomic E-state index is 5.40. The molecular formula is C8H16O3. The lowest BCUT2D eigenvalue weighted by Crippen LogP contribution is -2.58. The second kappa shape index (κ2) is 3.52. The summed E-state index contributed by atoms with van der Waals surface area (Å²) in [7, 11) is 0. The molecule has 66 valence electrons. The molecule has 2 unspecified atom stereocenters. The number of ether oxygens (including phenoxy) is 3. The molecule has 1 aliphatic rings. The molecular weight excluding hydrogens is 144 g/mol. The monoisotopic (exact) mass is 160 g/mol. The SMILES string of the molecule is CCOC1COC1(C)OCC. The molecule has 0 saturated carbocycles. The van der Waals surface area contributed by atoms with Crippen molar-refractivity contribution in [1.82, 2.24) is 0 Å². The summed E-state index contributed by atoms with van der Waals surface area (Å²) in [6.45, 7) is 7.89. The molecule has 0 aromatic heterocycles. The quantitative estimate of drug-likeness (QED) is 0.618. The zero-order valence-corrected chi connectivity index (χ0v) is 7.42. The van der Waals surface area contributed by atoms with E-state index in [0.717, 1.165) is 6.61 Å². The van der Waals surface area contributed by atoms with E-state index >= 15 is 0 Å². The molecule has 2 atom stereocenters. The van der Waals surface area contributed by atoms with Crippen molar-refractivity contribution in [2.45, 2.75) is 32.7 Å². The van der Waals surface area contributed by atoms with Crippen LogP contribution in [0.4, 0.5) is 0 Å². The highest BCUT2D eigenvalue weighted by Crippen LogP contribution is 2.30. The third-order valence-electron chi connectivity index (χ3n) is 1.90. The third-order valence-corrected chi connectivity index (χ3v) is 1.90. The molecule has 3 nitrogen and oxygen atoms in total. The van der Waals surface area contributed by atoms with Gasteiger partial charge in [-0.2, -0.15) is 0 Å². The molecule has 0 N–H and O–H groups in total. The van der Waals surface area contributed by atoms with Crippen LogP contribution in [-0.2, 0) is 14.2 Å². The van der Waals surface area contributed by atoms with Gasteiger partial charge in [-0.3, -0.25) is 0 Å². The maximum Gasteiger partial charge on any atom is 0.194 e. The Labute approximate surface area is 67.6 Å². The van der Waals surface area contributed by atoms with Crippen molar-refractivity contribution < 1.29 is 14.2 Å². The van der Waals surface area contributed by atoms with Crippen LogP contribution in [0.5, 0.6) is 0 Å². The van der Waals surface area contributed by atoms with E-state index in [2.05, 4.69) is 0 Å². The van der Waals surface area contributed by atoms with Crippen molar-refractivity contribution >= 4 is 0 Å². The summed E-state index contributed by atoms with van der Waals surface area (Å²) in [4.78, 5) is 0. The molecule has 3 heteroatoms. The van der Waals surface area contributed by atoms with Crippen molar-refractivity contribution in [3.8, 4) is 0 Å². The van der Waals surface area contributed by atoms with Crippen LogP contribution in [0.1, 0.15) is 20.8 Å². The summed E-state index contributed by atoms with van der Waals surface area (Å²) in [6.07, 6.45) is 0.118. The number of rotatable bonds is 4. The Morgan fingerprint density at radius 1 is 1.45 bits per heavy atom. The largest absolute Gasteiger partial charge is 0.370 e. The van der Waals surface area contributed by atoms with Gasteiger partial charge in [0.2, 0.25) is 0 Å². The second-order valence-electron chi connectivity index (χ2n) is 2.70. The first-order valence-electron chi connectivity index (χ1n) is 4.12. The lowest BCUT2D eigenvalue weighted by atomic mass is 10.1. The molecule has 1 heterocycles. The molecule has 0 radical (unpaired) electrons. The van der Waals surface area contributed by atoms with Crippen molar-refractivity contribution in [1.29, 1.82) is 0 Å². The van der Waals surface area contributed by atoms with E-state index in [1.165, 1.54) is 0 Å². The zero-order chi connectivity index (χ0) is 8.32. The summed E-state index contributed by atoms with van der Waals surface area (Å²) in [5.41, 5.74) is 0. The summed E-state index contributed by atoms with van der Waals surface area (Å²) < 4.78 is 16.1. The van der Waals surface area contributed by atoms with Crippen molar-refractivity contribution in [3.05, 3.63) is 0 Å². The number of hydrogen-bond acceptors (Lipinski definition) is 3. The van der Waals surface area contributed by atoms with Crippen LogP contribution in [0, 0.1) is 0 Å². The van der Waals surface area contributed by atoms with Gasteiger partial charge in [-0.05, 0) is 20.8 Å². The highest BCUT2D eigenvalue weighted by atomic mass is 16.8. The van der Waals surface area contributed by atoms with Crippen LogP contribution < -0.4 is 0 Å². The predicted molar refractivity (Wildman–Crippen MR) is 41.4 cm³/mol. The van der Waals surface area contributed by atoms with Gasteiger partial charge in [0.05, 0.1) is 6.61 Å². The van der Waals surface area contributed by atoms with Crippen molar-refractivity contribution in [2.24, 2.45) is 0 Å². The molecule has 0 bridgehead atoms. The standard InChI is InChI=1S/C8H16O3/c1-4-9-7-6-11-8(7,3)10-5-2/h7H,4-6H2,1-3H3.